The highest BCUT2D eigenvalue weighted by molar-refractivity contribution is 7.92. The molecule has 2 aromatic carbocycles. The molecule has 0 aliphatic rings. The van der Waals surface area contributed by atoms with E-state index in [1.54, 1.807) is 31.2 Å². The number of hydrogen-bond acceptors (Lipinski definition) is 4. The summed E-state index contributed by atoms with van der Waals surface area (Å²) in [6.45, 7) is 5.53. The van der Waals surface area contributed by atoms with Crippen molar-refractivity contribution < 1.29 is 17.9 Å². The fraction of sp³-hybridized carbons (Fsp3) is 0.381. The Hall–Kier alpha value is -2.54. The topological polar surface area (TPSA) is 75.7 Å². The van der Waals surface area contributed by atoms with Crippen LogP contribution in [0.25, 0.3) is 0 Å². The number of methoxy groups -OCH3 is 1. The van der Waals surface area contributed by atoms with Crippen LogP contribution in [-0.4, -0.2) is 33.7 Å². The van der Waals surface area contributed by atoms with E-state index in [2.05, 4.69) is 12.2 Å². The number of carbonyl (C=O) groups excluding carboxylic acids is 1. The van der Waals surface area contributed by atoms with E-state index in [0.29, 0.717) is 11.4 Å². The highest BCUT2D eigenvalue weighted by Crippen LogP contribution is 2.25. The Morgan fingerprint density at radius 3 is 2.32 bits per heavy atom. The van der Waals surface area contributed by atoms with Gasteiger partial charge in [-0.3, -0.25) is 9.10 Å². The molecule has 152 valence electrons. The van der Waals surface area contributed by atoms with Crippen LogP contribution in [0.5, 0.6) is 5.75 Å². The van der Waals surface area contributed by atoms with Crippen LogP contribution in [0.1, 0.15) is 37.9 Å². The number of amides is 1. The number of nitrogens with one attached hydrogen (secondary N) is 1. The van der Waals surface area contributed by atoms with Gasteiger partial charge in [0.2, 0.25) is 15.9 Å². The van der Waals surface area contributed by atoms with E-state index in [-0.39, 0.29) is 11.9 Å². The predicted octanol–water partition coefficient (Wildman–Crippen LogP) is 3.29. The van der Waals surface area contributed by atoms with Crippen molar-refractivity contribution in [3.05, 3.63) is 59.7 Å². The molecular weight excluding hydrogens is 376 g/mol. The second kappa shape index (κ2) is 9.10. The highest BCUT2D eigenvalue weighted by atomic mass is 32.2. The predicted molar refractivity (Wildman–Crippen MR) is 112 cm³/mol. The highest BCUT2D eigenvalue weighted by Gasteiger charge is 2.30. The molecule has 6 nitrogen and oxygen atoms in total. The van der Waals surface area contributed by atoms with Crippen molar-refractivity contribution in [3.63, 3.8) is 0 Å². The van der Waals surface area contributed by atoms with Gasteiger partial charge >= 0.3 is 0 Å². The minimum atomic E-state index is -3.68. The molecule has 2 atom stereocenters. The summed E-state index contributed by atoms with van der Waals surface area (Å²) < 4.78 is 31.1. The van der Waals surface area contributed by atoms with Crippen molar-refractivity contribution in [2.45, 2.75) is 39.3 Å². The molecule has 0 saturated carbocycles. The van der Waals surface area contributed by atoms with Gasteiger partial charge in [0.1, 0.15) is 11.8 Å². The Morgan fingerprint density at radius 1 is 1.14 bits per heavy atom. The fourth-order valence-electron chi connectivity index (χ4n) is 3.02. The maximum absolute atomic E-state index is 12.8. The molecule has 28 heavy (non-hydrogen) atoms. The minimum absolute atomic E-state index is 0.243. The van der Waals surface area contributed by atoms with E-state index in [1.807, 2.05) is 31.2 Å². The SMILES string of the molecule is CCc1ccc([C@@H](C)NC(=O)[C@H](C)N(c2cccc(OC)c2)S(C)(=O)=O)cc1. The smallest absolute Gasteiger partial charge is 0.244 e. The quantitative estimate of drug-likeness (QED) is 0.733. The van der Waals surface area contributed by atoms with E-state index < -0.39 is 16.1 Å². The van der Waals surface area contributed by atoms with Gasteiger partial charge in [-0.25, -0.2) is 8.42 Å². The molecule has 0 unspecified atom stereocenters. The normalized spacial score (nSPS) is 13.5. The summed E-state index contributed by atoms with van der Waals surface area (Å²) in [7, 11) is -2.17. The van der Waals surface area contributed by atoms with Gasteiger partial charge in [-0.05, 0) is 43.5 Å². The number of sulfonamides is 1. The average Bonchev–Trinajstić information content (AvgIpc) is 2.67. The van der Waals surface area contributed by atoms with Gasteiger partial charge in [-0.1, -0.05) is 37.3 Å². The van der Waals surface area contributed by atoms with Crippen LogP contribution in [-0.2, 0) is 21.2 Å². The summed E-state index contributed by atoms with van der Waals surface area (Å²) in [5, 5.41) is 2.91. The largest absolute Gasteiger partial charge is 0.497 e. The molecule has 7 heteroatoms. The summed E-state index contributed by atoms with van der Waals surface area (Å²) in [6, 6.07) is 13.5. The van der Waals surface area contributed by atoms with Gasteiger partial charge in [-0.15, -0.1) is 0 Å². The number of ether oxygens (including phenoxy) is 1. The zero-order valence-electron chi connectivity index (χ0n) is 17.0. The lowest BCUT2D eigenvalue weighted by molar-refractivity contribution is -0.122. The molecule has 0 saturated heterocycles. The Labute approximate surface area is 167 Å². The molecular formula is C21H28N2O4S. The molecule has 0 aliphatic heterocycles. The first-order valence-corrected chi connectivity index (χ1v) is 11.0. The number of anilines is 1. The van der Waals surface area contributed by atoms with Crippen LogP contribution < -0.4 is 14.4 Å². The number of hydrogen-bond donors (Lipinski definition) is 1. The van der Waals surface area contributed by atoms with Crippen LogP contribution in [0.15, 0.2) is 48.5 Å². The van der Waals surface area contributed by atoms with E-state index in [4.69, 9.17) is 4.74 Å². The van der Waals surface area contributed by atoms with Crippen molar-refractivity contribution in [1.29, 1.82) is 0 Å². The van der Waals surface area contributed by atoms with E-state index in [1.165, 1.54) is 12.7 Å². The van der Waals surface area contributed by atoms with Crippen molar-refractivity contribution in [3.8, 4) is 5.75 Å². The van der Waals surface area contributed by atoms with Crippen LogP contribution in [0.2, 0.25) is 0 Å². The van der Waals surface area contributed by atoms with E-state index in [9.17, 15) is 13.2 Å². The zero-order valence-corrected chi connectivity index (χ0v) is 17.8. The average molecular weight is 405 g/mol. The van der Waals surface area contributed by atoms with Crippen molar-refractivity contribution in [2.75, 3.05) is 17.7 Å². The van der Waals surface area contributed by atoms with Gasteiger partial charge < -0.3 is 10.1 Å². The molecule has 0 radical (unpaired) electrons. The van der Waals surface area contributed by atoms with Crippen molar-refractivity contribution >= 4 is 21.6 Å². The maximum atomic E-state index is 12.8. The molecule has 0 fully saturated rings. The van der Waals surface area contributed by atoms with Gasteiger partial charge in [0.05, 0.1) is 25.1 Å². The number of nitrogens with zero attached hydrogens (tertiary/aromatic N) is 1. The second-order valence-corrected chi connectivity index (χ2v) is 8.62. The molecule has 2 aromatic rings. The third kappa shape index (κ3) is 5.25. The lowest BCUT2D eigenvalue weighted by Gasteiger charge is -2.29. The number of benzene rings is 2. The van der Waals surface area contributed by atoms with Crippen LogP contribution in [0.4, 0.5) is 5.69 Å². The van der Waals surface area contributed by atoms with Gasteiger partial charge in [0, 0.05) is 6.07 Å². The second-order valence-electron chi connectivity index (χ2n) is 6.76. The minimum Gasteiger partial charge on any atom is -0.497 e. The van der Waals surface area contributed by atoms with Crippen LogP contribution >= 0.6 is 0 Å². The molecule has 2 rings (SSSR count). The molecule has 0 heterocycles. The molecule has 0 spiro atoms. The summed E-state index contributed by atoms with van der Waals surface area (Å²) in [4.78, 5) is 12.8. The Balaban J connectivity index is 2.23. The summed E-state index contributed by atoms with van der Waals surface area (Å²) in [6.07, 6.45) is 2.03. The summed E-state index contributed by atoms with van der Waals surface area (Å²) in [5.74, 6) is 0.142. The molecule has 0 bridgehead atoms. The number of carbonyl (C=O) groups is 1. The number of rotatable bonds is 8. The molecule has 0 aromatic heterocycles. The van der Waals surface area contributed by atoms with Crippen LogP contribution in [0, 0.1) is 0 Å². The first-order chi connectivity index (χ1) is 13.2. The Bertz CT molecular complexity index is 910. The standard InChI is InChI=1S/C21H28N2O4S/c1-6-17-10-12-18(13-11-17)15(2)22-21(24)16(3)23(28(5,25)26)19-8-7-9-20(14-19)27-4/h7-16H,6H2,1-5H3,(H,22,24)/t15-,16+/m1/s1. The van der Waals surface area contributed by atoms with Gasteiger partial charge in [0.15, 0.2) is 0 Å². The summed E-state index contributed by atoms with van der Waals surface area (Å²) in [5.41, 5.74) is 2.56. The zero-order chi connectivity index (χ0) is 20.9. The lowest BCUT2D eigenvalue weighted by atomic mass is 10.0. The first-order valence-electron chi connectivity index (χ1n) is 9.20. The monoisotopic (exact) mass is 404 g/mol. The van der Waals surface area contributed by atoms with E-state index in [0.717, 1.165) is 22.5 Å². The van der Waals surface area contributed by atoms with Crippen molar-refractivity contribution in [1.82, 2.24) is 5.32 Å². The first kappa shape index (κ1) is 21.8. The maximum Gasteiger partial charge on any atom is 0.244 e. The van der Waals surface area contributed by atoms with Gasteiger partial charge in [-0.2, -0.15) is 0 Å². The fourth-order valence-corrected chi connectivity index (χ4v) is 4.18. The molecule has 1 N–H and O–H groups in total. The van der Waals surface area contributed by atoms with Gasteiger partial charge in [0.25, 0.3) is 0 Å². The molecule has 1 amide bonds. The Morgan fingerprint density at radius 2 is 1.79 bits per heavy atom. The molecule has 0 aliphatic carbocycles. The van der Waals surface area contributed by atoms with Crippen LogP contribution in [0.3, 0.4) is 0 Å². The summed E-state index contributed by atoms with van der Waals surface area (Å²) >= 11 is 0. The lowest BCUT2D eigenvalue weighted by Crippen LogP contribution is -2.48. The third-order valence-corrected chi connectivity index (χ3v) is 5.88. The Kier molecular flexibility index (Phi) is 7.07. The number of aryl methyl sites for hydroxylation is 1. The van der Waals surface area contributed by atoms with Crippen molar-refractivity contribution in [2.24, 2.45) is 0 Å². The van der Waals surface area contributed by atoms with E-state index >= 15 is 0 Å². The third-order valence-electron chi connectivity index (χ3n) is 4.64.